The van der Waals surface area contributed by atoms with Crippen LogP contribution in [-0.4, -0.2) is 17.0 Å². The van der Waals surface area contributed by atoms with Crippen molar-refractivity contribution in [3.05, 3.63) is 0 Å². The van der Waals surface area contributed by atoms with Gasteiger partial charge in [0, 0.05) is 11.3 Å². The van der Waals surface area contributed by atoms with E-state index in [2.05, 4.69) is 31.0 Å². The van der Waals surface area contributed by atoms with Crippen LogP contribution in [0.2, 0.25) is 0 Å². The molecule has 1 aliphatic heterocycles. The van der Waals surface area contributed by atoms with Gasteiger partial charge in [0.25, 0.3) is 0 Å². The predicted molar refractivity (Wildman–Crippen MR) is 76.9 cm³/mol. The molecule has 0 aromatic carbocycles. The highest BCUT2D eigenvalue weighted by Crippen LogP contribution is 2.39. The molecule has 0 aromatic rings. The van der Waals surface area contributed by atoms with Crippen LogP contribution in [0, 0.1) is 17.8 Å². The monoisotopic (exact) mass is 256 g/mol. The van der Waals surface area contributed by atoms with Crippen LogP contribution in [0.25, 0.3) is 0 Å². The standard InChI is InChI=1S/C14H28N2S/c1-10-7-11(2)9-12(8-10)14(16-15)13-5-3-4-6-17-13/h10-14,16H,3-9,15H2,1-2H3. The van der Waals surface area contributed by atoms with Crippen LogP contribution in [0.15, 0.2) is 0 Å². The Morgan fingerprint density at radius 3 is 2.35 bits per heavy atom. The van der Waals surface area contributed by atoms with Gasteiger partial charge in [-0.3, -0.25) is 11.3 Å². The van der Waals surface area contributed by atoms with E-state index in [9.17, 15) is 0 Å². The molecular formula is C14H28N2S. The van der Waals surface area contributed by atoms with Crippen molar-refractivity contribution >= 4 is 11.8 Å². The fraction of sp³-hybridized carbons (Fsp3) is 1.00. The maximum atomic E-state index is 5.86. The van der Waals surface area contributed by atoms with Crippen molar-refractivity contribution in [2.24, 2.45) is 23.6 Å². The Kier molecular flexibility index (Phi) is 5.19. The Labute approximate surface area is 110 Å². The molecule has 0 aromatic heterocycles. The van der Waals surface area contributed by atoms with Crippen molar-refractivity contribution in [2.75, 3.05) is 5.75 Å². The lowest BCUT2D eigenvalue weighted by molar-refractivity contribution is 0.172. The van der Waals surface area contributed by atoms with E-state index in [0.29, 0.717) is 6.04 Å². The summed E-state index contributed by atoms with van der Waals surface area (Å²) in [5, 5.41) is 0.760. The Morgan fingerprint density at radius 1 is 1.12 bits per heavy atom. The summed E-state index contributed by atoms with van der Waals surface area (Å²) in [6.45, 7) is 4.81. The van der Waals surface area contributed by atoms with Crippen molar-refractivity contribution < 1.29 is 0 Å². The van der Waals surface area contributed by atoms with Crippen LogP contribution in [0.4, 0.5) is 0 Å². The van der Waals surface area contributed by atoms with Gasteiger partial charge in [-0.1, -0.05) is 20.3 Å². The largest absolute Gasteiger partial charge is 0.271 e. The Bertz CT molecular complexity index is 218. The third kappa shape index (κ3) is 3.62. The molecule has 0 bridgehead atoms. The minimum Gasteiger partial charge on any atom is -0.271 e. The number of nitrogens with two attached hydrogens (primary N) is 1. The van der Waals surface area contributed by atoms with E-state index in [1.807, 2.05) is 0 Å². The minimum atomic E-state index is 0.547. The van der Waals surface area contributed by atoms with E-state index in [4.69, 9.17) is 5.84 Å². The lowest BCUT2D eigenvalue weighted by Gasteiger charge is -2.40. The highest BCUT2D eigenvalue weighted by atomic mass is 32.2. The first-order chi connectivity index (χ1) is 8.20. The summed E-state index contributed by atoms with van der Waals surface area (Å²) < 4.78 is 0. The van der Waals surface area contributed by atoms with Crippen LogP contribution in [0.1, 0.15) is 52.4 Å². The first-order valence-electron chi connectivity index (χ1n) is 7.28. The molecule has 3 heteroatoms. The first-order valence-corrected chi connectivity index (χ1v) is 8.33. The second kappa shape index (κ2) is 6.44. The Morgan fingerprint density at radius 2 is 1.82 bits per heavy atom. The van der Waals surface area contributed by atoms with Crippen LogP contribution in [0.3, 0.4) is 0 Å². The van der Waals surface area contributed by atoms with E-state index in [-0.39, 0.29) is 0 Å². The van der Waals surface area contributed by atoms with Crippen molar-refractivity contribution in [3.63, 3.8) is 0 Å². The topological polar surface area (TPSA) is 38.0 Å². The molecule has 0 radical (unpaired) electrons. The molecule has 1 heterocycles. The van der Waals surface area contributed by atoms with Gasteiger partial charge in [0.05, 0.1) is 0 Å². The van der Waals surface area contributed by atoms with Crippen molar-refractivity contribution in [1.82, 2.24) is 5.43 Å². The molecule has 1 saturated carbocycles. The molecule has 2 nitrogen and oxygen atoms in total. The summed E-state index contributed by atoms with van der Waals surface area (Å²) in [4.78, 5) is 0. The predicted octanol–water partition coefficient (Wildman–Crippen LogP) is 3.18. The third-order valence-corrected chi connectivity index (χ3v) is 6.01. The van der Waals surface area contributed by atoms with E-state index in [0.717, 1.165) is 23.0 Å². The van der Waals surface area contributed by atoms with Gasteiger partial charge in [-0.15, -0.1) is 0 Å². The smallest absolute Gasteiger partial charge is 0.0357 e. The molecule has 2 fully saturated rings. The molecule has 1 aliphatic carbocycles. The molecule has 4 unspecified atom stereocenters. The average molecular weight is 256 g/mol. The SMILES string of the molecule is CC1CC(C)CC(C(NN)C2CCCCS2)C1. The van der Waals surface area contributed by atoms with Gasteiger partial charge in [0.1, 0.15) is 0 Å². The summed E-state index contributed by atoms with van der Waals surface area (Å²) >= 11 is 2.15. The normalized spacial score (nSPS) is 41.1. The zero-order valence-corrected chi connectivity index (χ0v) is 12.1. The number of rotatable bonds is 3. The second-order valence-corrected chi connectivity index (χ2v) is 7.62. The zero-order valence-electron chi connectivity index (χ0n) is 11.3. The fourth-order valence-electron chi connectivity index (χ4n) is 3.90. The van der Waals surface area contributed by atoms with Crippen LogP contribution >= 0.6 is 11.8 Å². The van der Waals surface area contributed by atoms with E-state index >= 15 is 0 Å². The number of nitrogens with one attached hydrogen (secondary N) is 1. The highest BCUT2D eigenvalue weighted by Gasteiger charge is 2.34. The van der Waals surface area contributed by atoms with Crippen LogP contribution in [-0.2, 0) is 0 Å². The minimum absolute atomic E-state index is 0.547. The first kappa shape index (κ1) is 13.7. The van der Waals surface area contributed by atoms with Crippen molar-refractivity contribution in [3.8, 4) is 0 Å². The molecule has 3 N–H and O–H groups in total. The molecule has 100 valence electrons. The second-order valence-electron chi connectivity index (χ2n) is 6.28. The summed E-state index contributed by atoms with van der Waals surface area (Å²) in [5.74, 6) is 9.76. The van der Waals surface area contributed by atoms with E-state index in [1.165, 1.54) is 44.3 Å². The Balaban J connectivity index is 1.96. The van der Waals surface area contributed by atoms with Gasteiger partial charge in [-0.05, 0) is 55.6 Å². The van der Waals surface area contributed by atoms with Crippen molar-refractivity contribution in [1.29, 1.82) is 0 Å². The van der Waals surface area contributed by atoms with Gasteiger partial charge in [0.2, 0.25) is 0 Å². The number of hydrogen-bond donors (Lipinski definition) is 2. The molecule has 2 aliphatic rings. The van der Waals surface area contributed by atoms with Gasteiger partial charge in [0.15, 0.2) is 0 Å². The van der Waals surface area contributed by atoms with Crippen molar-refractivity contribution in [2.45, 2.75) is 63.7 Å². The molecule has 1 saturated heterocycles. The highest BCUT2D eigenvalue weighted by molar-refractivity contribution is 8.00. The molecule has 4 atom stereocenters. The molecule has 0 amide bonds. The average Bonchev–Trinajstić information content (AvgIpc) is 2.30. The lowest BCUT2D eigenvalue weighted by Crippen LogP contribution is -2.50. The summed E-state index contributed by atoms with van der Waals surface area (Å²) in [7, 11) is 0. The molecule has 2 rings (SSSR count). The molecular weight excluding hydrogens is 228 g/mol. The summed E-state index contributed by atoms with van der Waals surface area (Å²) in [6, 6.07) is 0.547. The third-order valence-electron chi connectivity index (χ3n) is 4.53. The van der Waals surface area contributed by atoms with Gasteiger partial charge in [-0.25, -0.2) is 0 Å². The summed E-state index contributed by atoms with van der Waals surface area (Å²) in [5.41, 5.74) is 3.16. The van der Waals surface area contributed by atoms with Gasteiger partial charge < -0.3 is 0 Å². The zero-order chi connectivity index (χ0) is 12.3. The number of thioether (sulfide) groups is 1. The number of hydrazine groups is 1. The Hall–Kier alpha value is 0.270. The maximum absolute atomic E-state index is 5.86. The quantitative estimate of drug-likeness (QED) is 0.602. The van der Waals surface area contributed by atoms with Crippen LogP contribution < -0.4 is 11.3 Å². The fourth-order valence-corrected chi connectivity index (χ4v) is 5.41. The van der Waals surface area contributed by atoms with Gasteiger partial charge in [-0.2, -0.15) is 11.8 Å². The van der Waals surface area contributed by atoms with Crippen LogP contribution in [0.5, 0.6) is 0 Å². The van der Waals surface area contributed by atoms with E-state index in [1.54, 1.807) is 0 Å². The molecule has 0 spiro atoms. The van der Waals surface area contributed by atoms with E-state index < -0.39 is 0 Å². The maximum Gasteiger partial charge on any atom is 0.0357 e. The number of hydrogen-bond acceptors (Lipinski definition) is 3. The lowest BCUT2D eigenvalue weighted by atomic mass is 9.73. The molecule has 17 heavy (non-hydrogen) atoms. The summed E-state index contributed by atoms with van der Waals surface area (Å²) in [6.07, 6.45) is 8.31. The van der Waals surface area contributed by atoms with Gasteiger partial charge >= 0.3 is 0 Å².